The first-order valence-electron chi connectivity index (χ1n) is 5.40. The van der Waals surface area contributed by atoms with Crippen LogP contribution >= 0.6 is 15.9 Å². The summed E-state index contributed by atoms with van der Waals surface area (Å²) in [6.07, 6.45) is 0. The average molecular weight is 311 g/mol. The van der Waals surface area contributed by atoms with E-state index in [1.807, 2.05) is 26.0 Å². The Hall–Kier alpha value is -1.62. The summed E-state index contributed by atoms with van der Waals surface area (Å²) in [5.74, 6) is -1.02. The summed E-state index contributed by atoms with van der Waals surface area (Å²) >= 11 is 3.22. The second-order valence-electron chi connectivity index (χ2n) is 4.02. The van der Waals surface area contributed by atoms with Crippen LogP contribution in [0.15, 0.2) is 34.8 Å². The number of halogens is 2. The number of benzene rings is 1. The lowest BCUT2D eigenvalue weighted by Crippen LogP contribution is -2.25. The molecular weight excluding hydrogens is 299 g/mol. The smallest absolute Gasteiger partial charge is 0.267 e. The van der Waals surface area contributed by atoms with Crippen molar-refractivity contribution in [2.45, 2.75) is 13.8 Å². The van der Waals surface area contributed by atoms with Crippen molar-refractivity contribution in [3.05, 3.63) is 57.6 Å². The van der Waals surface area contributed by atoms with Crippen molar-refractivity contribution in [2.24, 2.45) is 0 Å². The number of hydrogen-bond acceptors (Lipinski definition) is 1. The summed E-state index contributed by atoms with van der Waals surface area (Å²) in [6.45, 7) is 3.73. The van der Waals surface area contributed by atoms with E-state index in [2.05, 4.69) is 21.4 Å². The summed E-state index contributed by atoms with van der Waals surface area (Å²) in [5.41, 5.74) is 4.44. The molecule has 1 aromatic heterocycles. The number of amides is 1. The van der Waals surface area contributed by atoms with E-state index in [0.29, 0.717) is 4.47 Å². The summed E-state index contributed by atoms with van der Waals surface area (Å²) in [7, 11) is 0. The van der Waals surface area contributed by atoms with Gasteiger partial charge in [-0.1, -0.05) is 15.9 Å². The van der Waals surface area contributed by atoms with Gasteiger partial charge in [0.1, 0.15) is 5.82 Å². The number of hydrogen-bond donors (Lipinski definition) is 1. The van der Waals surface area contributed by atoms with Crippen molar-refractivity contribution >= 4 is 21.8 Å². The van der Waals surface area contributed by atoms with Gasteiger partial charge in [-0.3, -0.25) is 14.9 Å². The number of carbonyl (C=O) groups excluding carboxylic acids is 1. The van der Waals surface area contributed by atoms with Gasteiger partial charge in [-0.15, -0.1) is 0 Å². The van der Waals surface area contributed by atoms with Crippen LogP contribution in [-0.4, -0.2) is 10.6 Å². The fourth-order valence-corrected chi connectivity index (χ4v) is 2.04. The van der Waals surface area contributed by atoms with Gasteiger partial charge < -0.3 is 0 Å². The third-order valence-corrected chi connectivity index (χ3v) is 3.15. The van der Waals surface area contributed by atoms with Crippen LogP contribution in [0.25, 0.3) is 0 Å². The topological polar surface area (TPSA) is 34.0 Å². The maximum Gasteiger partial charge on any atom is 0.273 e. The lowest BCUT2D eigenvalue weighted by atomic mass is 10.2. The first kappa shape index (κ1) is 12.8. The van der Waals surface area contributed by atoms with E-state index in [4.69, 9.17) is 0 Å². The first-order valence-corrected chi connectivity index (χ1v) is 6.19. The SMILES string of the molecule is Cc1ccc(C)n1NC(=O)c1cc(Br)ccc1F. The lowest BCUT2D eigenvalue weighted by molar-refractivity contribution is 0.100. The van der Waals surface area contributed by atoms with Crippen molar-refractivity contribution in [3.8, 4) is 0 Å². The zero-order chi connectivity index (χ0) is 13.3. The molecule has 0 radical (unpaired) electrons. The Kier molecular flexibility index (Phi) is 3.52. The molecule has 0 spiro atoms. The Balaban J connectivity index is 2.30. The molecule has 2 rings (SSSR count). The normalized spacial score (nSPS) is 10.4. The molecule has 0 aliphatic rings. The Morgan fingerprint density at radius 1 is 1.22 bits per heavy atom. The monoisotopic (exact) mass is 310 g/mol. The van der Waals surface area contributed by atoms with Gasteiger partial charge in [-0.2, -0.15) is 0 Å². The standard InChI is InChI=1S/C13H12BrFN2O/c1-8-3-4-9(2)17(8)16-13(18)11-7-10(14)5-6-12(11)15/h3-7H,1-2H3,(H,16,18). The molecule has 1 heterocycles. The van der Waals surface area contributed by atoms with Crippen LogP contribution in [0, 0.1) is 19.7 Å². The number of aryl methyl sites for hydroxylation is 2. The predicted octanol–water partition coefficient (Wildman–Crippen LogP) is 3.39. The van der Waals surface area contributed by atoms with Gasteiger partial charge >= 0.3 is 0 Å². The molecular formula is C13H12BrFN2O. The molecule has 0 atom stereocenters. The Bertz CT molecular complexity index is 588. The summed E-state index contributed by atoms with van der Waals surface area (Å²) in [5, 5.41) is 0. The largest absolute Gasteiger partial charge is 0.273 e. The summed E-state index contributed by atoms with van der Waals surface area (Å²) in [6, 6.07) is 8.03. The molecule has 0 aliphatic carbocycles. The quantitative estimate of drug-likeness (QED) is 0.906. The number of rotatable bonds is 2. The molecule has 0 aliphatic heterocycles. The molecule has 1 aromatic carbocycles. The van der Waals surface area contributed by atoms with Crippen LogP contribution in [0.1, 0.15) is 21.7 Å². The third kappa shape index (κ3) is 2.46. The molecule has 1 N–H and O–H groups in total. The molecule has 2 aromatic rings. The molecule has 94 valence electrons. The summed E-state index contributed by atoms with van der Waals surface area (Å²) in [4.78, 5) is 12.0. The Labute approximate surface area is 113 Å². The van der Waals surface area contributed by atoms with E-state index in [0.717, 1.165) is 11.4 Å². The van der Waals surface area contributed by atoms with E-state index in [9.17, 15) is 9.18 Å². The molecule has 0 saturated heterocycles. The van der Waals surface area contributed by atoms with Crippen LogP contribution in [0.2, 0.25) is 0 Å². The van der Waals surface area contributed by atoms with Crippen LogP contribution in [0.5, 0.6) is 0 Å². The molecule has 0 bridgehead atoms. The van der Waals surface area contributed by atoms with Crippen molar-refractivity contribution in [1.82, 2.24) is 4.68 Å². The van der Waals surface area contributed by atoms with E-state index >= 15 is 0 Å². The molecule has 3 nitrogen and oxygen atoms in total. The first-order chi connectivity index (χ1) is 8.49. The minimum absolute atomic E-state index is 0.0110. The second-order valence-corrected chi connectivity index (χ2v) is 4.93. The van der Waals surface area contributed by atoms with Gasteiger partial charge in [0.05, 0.1) is 5.56 Å². The van der Waals surface area contributed by atoms with Gasteiger partial charge in [-0.25, -0.2) is 4.39 Å². The highest BCUT2D eigenvalue weighted by atomic mass is 79.9. The predicted molar refractivity (Wildman–Crippen MR) is 71.7 cm³/mol. The maximum absolute atomic E-state index is 13.6. The minimum Gasteiger partial charge on any atom is -0.267 e. The molecule has 0 unspecified atom stereocenters. The van der Waals surface area contributed by atoms with E-state index < -0.39 is 11.7 Å². The number of aromatic nitrogens is 1. The van der Waals surface area contributed by atoms with Crippen LogP contribution < -0.4 is 5.43 Å². The van der Waals surface area contributed by atoms with Crippen molar-refractivity contribution < 1.29 is 9.18 Å². The van der Waals surface area contributed by atoms with E-state index in [1.54, 1.807) is 10.7 Å². The molecule has 18 heavy (non-hydrogen) atoms. The van der Waals surface area contributed by atoms with E-state index in [1.165, 1.54) is 12.1 Å². The van der Waals surface area contributed by atoms with Gasteiger partial charge in [-0.05, 0) is 44.2 Å². The maximum atomic E-state index is 13.6. The minimum atomic E-state index is -0.543. The molecule has 1 amide bonds. The summed E-state index contributed by atoms with van der Waals surface area (Å²) < 4.78 is 15.8. The average Bonchev–Trinajstić information content (AvgIpc) is 2.64. The fraction of sp³-hybridized carbons (Fsp3) is 0.154. The Morgan fingerprint density at radius 2 is 1.83 bits per heavy atom. The highest BCUT2D eigenvalue weighted by Crippen LogP contribution is 2.16. The molecule has 0 saturated carbocycles. The third-order valence-electron chi connectivity index (χ3n) is 2.66. The highest BCUT2D eigenvalue weighted by molar-refractivity contribution is 9.10. The van der Waals surface area contributed by atoms with Crippen molar-refractivity contribution in [3.63, 3.8) is 0 Å². The van der Waals surface area contributed by atoms with Gasteiger partial charge in [0.2, 0.25) is 0 Å². The fourth-order valence-electron chi connectivity index (χ4n) is 1.68. The molecule has 0 fully saturated rings. The van der Waals surface area contributed by atoms with E-state index in [-0.39, 0.29) is 5.56 Å². The zero-order valence-electron chi connectivity index (χ0n) is 10.00. The highest BCUT2D eigenvalue weighted by Gasteiger charge is 2.13. The number of nitrogens with zero attached hydrogens (tertiary/aromatic N) is 1. The van der Waals surface area contributed by atoms with Gasteiger partial charge in [0.15, 0.2) is 0 Å². The van der Waals surface area contributed by atoms with Gasteiger partial charge in [0.25, 0.3) is 5.91 Å². The van der Waals surface area contributed by atoms with Crippen LogP contribution in [0.4, 0.5) is 4.39 Å². The van der Waals surface area contributed by atoms with Crippen molar-refractivity contribution in [1.29, 1.82) is 0 Å². The van der Waals surface area contributed by atoms with Crippen molar-refractivity contribution in [2.75, 3.05) is 5.43 Å². The Morgan fingerprint density at radius 3 is 2.44 bits per heavy atom. The zero-order valence-corrected chi connectivity index (χ0v) is 11.6. The van der Waals surface area contributed by atoms with Crippen LogP contribution in [-0.2, 0) is 0 Å². The second kappa shape index (κ2) is 4.94. The lowest BCUT2D eigenvalue weighted by Gasteiger charge is -2.11. The van der Waals surface area contributed by atoms with Gasteiger partial charge in [0, 0.05) is 15.9 Å². The molecule has 5 heteroatoms. The number of nitrogens with one attached hydrogen (secondary N) is 1. The number of carbonyl (C=O) groups is 1. The van der Waals surface area contributed by atoms with Crippen LogP contribution in [0.3, 0.4) is 0 Å².